The van der Waals surface area contributed by atoms with Gasteiger partial charge in [-0.05, 0) is 19.9 Å². The van der Waals surface area contributed by atoms with Gasteiger partial charge in [-0.15, -0.1) is 0 Å². The average Bonchev–Trinajstić information content (AvgIpc) is 2.18. The lowest BCUT2D eigenvalue weighted by atomic mass is 10.1. The predicted octanol–water partition coefficient (Wildman–Crippen LogP) is 2.79. The van der Waals surface area contributed by atoms with Crippen molar-refractivity contribution in [2.24, 2.45) is 0 Å². The van der Waals surface area contributed by atoms with E-state index in [4.69, 9.17) is 9.47 Å². The largest absolute Gasteiger partial charge is 0.496 e. The van der Waals surface area contributed by atoms with Crippen LogP contribution in [0.4, 0.5) is 0 Å². The summed E-state index contributed by atoms with van der Waals surface area (Å²) < 4.78 is 10.7. The molecule has 0 saturated heterocycles. The van der Waals surface area contributed by atoms with Gasteiger partial charge in [0.05, 0.1) is 13.2 Å². The van der Waals surface area contributed by atoms with Crippen LogP contribution < -0.4 is 4.74 Å². The molecule has 0 amide bonds. The molecule has 0 fully saturated rings. The van der Waals surface area contributed by atoms with E-state index in [2.05, 4.69) is 0 Å². The molecule has 1 unspecified atom stereocenters. The molecule has 0 bridgehead atoms. The van der Waals surface area contributed by atoms with Gasteiger partial charge in [0.15, 0.2) is 0 Å². The maximum atomic E-state index is 5.49. The lowest BCUT2D eigenvalue weighted by molar-refractivity contribution is 0.0745. The summed E-state index contributed by atoms with van der Waals surface area (Å²) in [4.78, 5) is 0. The zero-order valence-electron chi connectivity index (χ0n) is 8.41. The molecule has 0 aliphatic heterocycles. The minimum absolute atomic E-state index is 0.0983. The Morgan fingerprint density at radius 3 is 2.62 bits per heavy atom. The second kappa shape index (κ2) is 4.87. The van der Waals surface area contributed by atoms with Crippen molar-refractivity contribution in [1.29, 1.82) is 0 Å². The van der Waals surface area contributed by atoms with E-state index in [1.54, 1.807) is 7.11 Å². The van der Waals surface area contributed by atoms with E-state index >= 15 is 0 Å². The van der Waals surface area contributed by atoms with Crippen LogP contribution in [0.25, 0.3) is 0 Å². The predicted molar refractivity (Wildman–Crippen MR) is 53.0 cm³/mol. The van der Waals surface area contributed by atoms with E-state index in [1.165, 1.54) is 0 Å². The number of benzene rings is 1. The summed E-state index contributed by atoms with van der Waals surface area (Å²) in [7, 11) is 1.68. The Balaban J connectivity index is 2.85. The van der Waals surface area contributed by atoms with Crippen molar-refractivity contribution in [3.8, 4) is 5.75 Å². The number of rotatable bonds is 4. The minimum Gasteiger partial charge on any atom is -0.496 e. The van der Waals surface area contributed by atoms with Crippen molar-refractivity contribution in [2.75, 3.05) is 13.7 Å². The van der Waals surface area contributed by atoms with Crippen molar-refractivity contribution in [2.45, 2.75) is 20.0 Å². The quantitative estimate of drug-likeness (QED) is 0.709. The molecule has 0 aliphatic carbocycles. The van der Waals surface area contributed by atoms with Crippen LogP contribution in [-0.2, 0) is 4.74 Å². The van der Waals surface area contributed by atoms with Crippen LogP contribution in [0.5, 0.6) is 5.75 Å². The maximum Gasteiger partial charge on any atom is 0.124 e. The standard InChI is InChI=1S/C11H16O2/c1-4-13-9(2)10-7-5-6-8-11(10)12-3/h5-9H,4H2,1-3H3. The zero-order chi connectivity index (χ0) is 9.68. The first kappa shape index (κ1) is 10.1. The smallest absolute Gasteiger partial charge is 0.124 e. The summed E-state index contributed by atoms with van der Waals surface area (Å²) >= 11 is 0. The Labute approximate surface area is 79.5 Å². The highest BCUT2D eigenvalue weighted by Crippen LogP contribution is 2.26. The number of ether oxygens (including phenoxy) is 2. The molecule has 1 aromatic carbocycles. The highest BCUT2D eigenvalue weighted by atomic mass is 16.5. The van der Waals surface area contributed by atoms with Crippen LogP contribution in [0.3, 0.4) is 0 Å². The number of hydrogen-bond acceptors (Lipinski definition) is 2. The molecule has 0 N–H and O–H groups in total. The van der Waals surface area contributed by atoms with Gasteiger partial charge in [0.1, 0.15) is 5.75 Å². The molecule has 0 aliphatic rings. The highest BCUT2D eigenvalue weighted by Gasteiger charge is 2.09. The molecule has 1 aromatic rings. The molecule has 2 heteroatoms. The van der Waals surface area contributed by atoms with Crippen LogP contribution >= 0.6 is 0 Å². The van der Waals surface area contributed by atoms with Gasteiger partial charge in [-0.2, -0.15) is 0 Å². The molecule has 13 heavy (non-hydrogen) atoms. The second-order valence-corrected chi connectivity index (χ2v) is 2.84. The van der Waals surface area contributed by atoms with Gasteiger partial charge in [-0.1, -0.05) is 18.2 Å². The second-order valence-electron chi connectivity index (χ2n) is 2.84. The van der Waals surface area contributed by atoms with E-state index < -0.39 is 0 Å². The number of methoxy groups -OCH3 is 1. The van der Waals surface area contributed by atoms with Gasteiger partial charge in [-0.3, -0.25) is 0 Å². The zero-order valence-corrected chi connectivity index (χ0v) is 8.41. The molecule has 0 spiro atoms. The van der Waals surface area contributed by atoms with Crippen molar-refractivity contribution >= 4 is 0 Å². The molecule has 72 valence electrons. The van der Waals surface area contributed by atoms with Gasteiger partial charge in [0.2, 0.25) is 0 Å². The van der Waals surface area contributed by atoms with Gasteiger partial charge >= 0.3 is 0 Å². The van der Waals surface area contributed by atoms with Gasteiger partial charge in [-0.25, -0.2) is 0 Å². The molecular weight excluding hydrogens is 164 g/mol. The number of hydrogen-bond donors (Lipinski definition) is 0. The molecule has 1 rings (SSSR count). The highest BCUT2D eigenvalue weighted by molar-refractivity contribution is 5.34. The molecule has 0 radical (unpaired) electrons. The maximum absolute atomic E-state index is 5.49. The lowest BCUT2D eigenvalue weighted by Gasteiger charge is -2.15. The van der Waals surface area contributed by atoms with Crippen LogP contribution in [0.2, 0.25) is 0 Å². The topological polar surface area (TPSA) is 18.5 Å². The van der Waals surface area contributed by atoms with E-state index in [1.807, 2.05) is 38.1 Å². The first-order valence-corrected chi connectivity index (χ1v) is 4.54. The summed E-state index contributed by atoms with van der Waals surface area (Å²) in [6.45, 7) is 4.74. The Kier molecular flexibility index (Phi) is 3.77. The fourth-order valence-electron chi connectivity index (χ4n) is 1.34. The summed E-state index contributed by atoms with van der Waals surface area (Å²) in [6, 6.07) is 7.93. The Morgan fingerprint density at radius 2 is 2.00 bits per heavy atom. The van der Waals surface area contributed by atoms with Crippen LogP contribution in [0, 0.1) is 0 Å². The van der Waals surface area contributed by atoms with Crippen molar-refractivity contribution in [3.63, 3.8) is 0 Å². The van der Waals surface area contributed by atoms with Crippen LogP contribution in [0.1, 0.15) is 25.5 Å². The van der Waals surface area contributed by atoms with Crippen molar-refractivity contribution in [1.82, 2.24) is 0 Å². The lowest BCUT2D eigenvalue weighted by Crippen LogP contribution is -2.01. The molecule has 0 aromatic heterocycles. The summed E-state index contributed by atoms with van der Waals surface area (Å²) in [6.07, 6.45) is 0.0983. The van der Waals surface area contributed by atoms with Crippen LogP contribution in [-0.4, -0.2) is 13.7 Å². The Morgan fingerprint density at radius 1 is 1.31 bits per heavy atom. The molecular formula is C11H16O2. The average molecular weight is 180 g/mol. The van der Waals surface area contributed by atoms with E-state index in [0.29, 0.717) is 0 Å². The first-order valence-electron chi connectivity index (χ1n) is 4.54. The van der Waals surface area contributed by atoms with Gasteiger partial charge in [0, 0.05) is 12.2 Å². The molecule has 1 atom stereocenters. The fraction of sp³-hybridized carbons (Fsp3) is 0.455. The third kappa shape index (κ3) is 2.46. The van der Waals surface area contributed by atoms with E-state index in [9.17, 15) is 0 Å². The molecule has 0 saturated carbocycles. The van der Waals surface area contributed by atoms with Crippen LogP contribution in [0.15, 0.2) is 24.3 Å². The summed E-state index contributed by atoms with van der Waals surface area (Å²) in [5, 5.41) is 0. The summed E-state index contributed by atoms with van der Waals surface area (Å²) in [5.41, 5.74) is 1.10. The fourth-order valence-corrected chi connectivity index (χ4v) is 1.34. The molecule has 2 nitrogen and oxygen atoms in total. The third-order valence-corrected chi connectivity index (χ3v) is 1.99. The Hall–Kier alpha value is -1.02. The SMILES string of the molecule is CCOC(C)c1ccccc1OC. The van der Waals surface area contributed by atoms with Gasteiger partial charge in [0.25, 0.3) is 0 Å². The number of para-hydroxylation sites is 1. The minimum atomic E-state index is 0.0983. The Bertz CT molecular complexity index is 258. The van der Waals surface area contributed by atoms with E-state index in [0.717, 1.165) is 17.9 Å². The molecule has 0 heterocycles. The summed E-state index contributed by atoms with van der Waals surface area (Å²) in [5.74, 6) is 0.892. The van der Waals surface area contributed by atoms with E-state index in [-0.39, 0.29) is 6.10 Å². The third-order valence-electron chi connectivity index (χ3n) is 1.99. The van der Waals surface area contributed by atoms with Gasteiger partial charge < -0.3 is 9.47 Å². The van der Waals surface area contributed by atoms with Crippen molar-refractivity contribution in [3.05, 3.63) is 29.8 Å². The normalized spacial score (nSPS) is 12.5. The van der Waals surface area contributed by atoms with Crippen molar-refractivity contribution < 1.29 is 9.47 Å². The monoisotopic (exact) mass is 180 g/mol. The first-order chi connectivity index (χ1) is 6.29.